The molecule has 0 spiro atoms. The van der Waals surface area contributed by atoms with Crippen molar-refractivity contribution in [2.45, 2.75) is 44.9 Å². The van der Waals surface area contributed by atoms with Crippen molar-refractivity contribution >= 4 is 11.8 Å². The number of hydrogen-bond acceptors (Lipinski definition) is 3. The number of nitrogens with one attached hydrogen (secondary N) is 1. The summed E-state index contributed by atoms with van der Waals surface area (Å²) in [7, 11) is 0. The van der Waals surface area contributed by atoms with Crippen LogP contribution in [0.3, 0.4) is 0 Å². The van der Waals surface area contributed by atoms with E-state index in [0.717, 1.165) is 12.0 Å². The highest BCUT2D eigenvalue weighted by molar-refractivity contribution is 5.88. The van der Waals surface area contributed by atoms with Crippen molar-refractivity contribution in [2.24, 2.45) is 11.8 Å². The van der Waals surface area contributed by atoms with Crippen LogP contribution in [0.5, 0.6) is 0 Å². The van der Waals surface area contributed by atoms with Gasteiger partial charge in [0.05, 0.1) is 24.0 Å². The van der Waals surface area contributed by atoms with Gasteiger partial charge in [0.25, 0.3) is 0 Å². The molecule has 0 aromatic heterocycles. The number of aliphatic hydroxyl groups excluding tert-OH is 1. The first kappa shape index (κ1) is 21.3. The van der Waals surface area contributed by atoms with Crippen LogP contribution in [-0.2, 0) is 22.6 Å². The zero-order valence-electron chi connectivity index (χ0n) is 17.9. The lowest BCUT2D eigenvalue weighted by Gasteiger charge is -2.35. The third-order valence-electron chi connectivity index (χ3n) is 6.51. The van der Waals surface area contributed by atoms with Crippen molar-refractivity contribution in [3.8, 4) is 0 Å². The van der Waals surface area contributed by atoms with Crippen molar-refractivity contribution < 1.29 is 14.7 Å². The summed E-state index contributed by atoms with van der Waals surface area (Å²) >= 11 is 0. The molecular weight excluding hydrogens is 388 g/mol. The van der Waals surface area contributed by atoms with Crippen LogP contribution in [0.25, 0.3) is 0 Å². The Morgan fingerprint density at radius 2 is 1.61 bits per heavy atom. The second kappa shape index (κ2) is 9.48. The summed E-state index contributed by atoms with van der Waals surface area (Å²) in [5.74, 6) is -0.894. The van der Waals surface area contributed by atoms with Gasteiger partial charge in [-0.05, 0) is 42.9 Å². The van der Waals surface area contributed by atoms with Crippen molar-refractivity contribution in [2.75, 3.05) is 6.54 Å². The van der Waals surface area contributed by atoms with Gasteiger partial charge in [0.15, 0.2) is 0 Å². The van der Waals surface area contributed by atoms with Crippen LogP contribution >= 0.6 is 0 Å². The zero-order valence-corrected chi connectivity index (χ0v) is 17.9. The summed E-state index contributed by atoms with van der Waals surface area (Å²) in [5.41, 5.74) is 3.25. The van der Waals surface area contributed by atoms with E-state index >= 15 is 0 Å². The fraction of sp³-hybridized carbons (Fsp3) is 0.385. The highest BCUT2D eigenvalue weighted by Gasteiger charge is 2.38. The fourth-order valence-corrected chi connectivity index (χ4v) is 4.64. The maximum Gasteiger partial charge on any atom is 0.227 e. The van der Waals surface area contributed by atoms with Crippen LogP contribution in [0, 0.1) is 11.8 Å². The van der Waals surface area contributed by atoms with Gasteiger partial charge < -0.3 is 15.3 Å². The summed E-state index contributed by atoms with van der Waals surface area (Å²) in [6, 6.07) is 17.1. The second-order valence-corrected chi connectivity index (χ2v) is 8.59. The van der Waals surface area contributed by atoms with E-state index in [1.165, 1.54) is 11.1 Å². The molecule has 162 valence electrons. The van der Waals surface area contributed by atoms with Crippen molar-refractivity contribution in [1.29, 1.82) is 0 Å². The second-order valence-electron chi connectivity index (χ2n) is 8.59. The Labute approximate surface area is 183 Å². The molecule has 0 radical (unpaired) electrons. The molecule has 1 aliphatic carbocycles. The molecule has 2 aromatic carbocycles. The number of rotatable bonds is 5. The van der Waals surface area contributed by atoms with Gasteiger partial charge in [-0.3, -0.25) is 9.59 Å². The molecule has 2 aromatic rings. The van der Waals surface area contributed by atoms with Gasteiger partial charge in [-0.25, -0.2) is 0 Å². The SMILES string of the molecule is C[C@H](NC(=O)C1CC=CCC1C(=O)N1CCc2ccccc2C1)[C@H](O)c1ccccc1. The van der Waals surface area contributed by atoms with Gasteiger partial charge in [0.1, 0.15) is 0 Å². The Morgan fingerprint density at radius 1 is 0.968 bits per heavy atom. The lowest BCUT2D eigenvalue weighted by atomic mass is 9.80. The van der Waals surface area contributed by atoms with Gasteiger partial charge in [-0.15, -0.1) is 0 Å². The third-order valence-corrected chi connectivity index (χ3v) is 6.51. The van der Waals surface area contributed by atoms with E-state index in [0.29, 0.717) is 25.9 Å². The molecule has 2 unspecified atom stereocenters. The predicted octanol–water partition coefficient (Wildman–Crippen LogP) is 3.39. The summed E-state index contributed by atoms with van der Waals surface area (Å²) in [4.78, 5) is 28.4. The molecule has 4 rings (SSSR count). The summed E-state index contributed by atoms with van der Waals surface area (Å²) in [6.45, 7) is 3.09. The quantitative estimate of drug-likeness (QED) is 0.732. The van der Waals surface area contributed by atoms with E-state index < -0.39 is 18.1 Å². The maximum atomic E-state index is 13.4. The maximum absolute atomic E-state index is 13.4. The van der Waals surface area contributed by atoms with Crippen LogP contribution in [-0.4, -0.2) is 34.4 Å². The summed E-state index contributed by atoms with van der Waals surface area (Å²) in [5, 5.41) is 13.6. The lowest BCUT2D eigenvalue weighted by Crippen LogP contribution is -2.48. The highest BCUT2D eigenvalue weighted by atomic mass is 16.3. The molecule has 1 heterocycles. The lowest BCUT2D eigenvalue weighted by molar-refractivity contribution is -0.143. The number of amides is 2. The molecule has 0 saturated heterocycles. The van der Waals surface area contributed by atoms with Crippen LogP contribution in [0.2, 0.25) is 0 Å². The molecule has 2 aliphatic rings. The van der Waals surface area contributed by atoms with Gasteiger partial charge in [0, 0.05) is 13.1 Å². The Morgan fingerprint density at radius 3 is 2.35 bits per heavy atom. The zero-order chi connectivity index (χ0) is 21.8. The van der Waals surface area contributed by atoms with E-state index in [2.05, 4.69) is 17.4 Å². The number of carbonyl (C=O) groups is 2. The average Bonchev–Trinajstić information content (AvgIpc) is 2.83. The minimum absolute atomic E-state index is 0.0512. The number of fused-ring (bicyclic) bond motifs is 1. The van der Waals surface area contributed by atoms with Gasteiger partial charge >= 0.3 is 0 Å². The average molecular weight is 419 g/mol. The van der Waals surface area contributed by atoms with Crippen molar-refractivity contribution in [1.82, 2.24) is 10.2 Å². The monoisotopic (exact) mass is 418 g/mol. The minimum Gasteiger partial charge on any atom is -0.386 e. The first-order valence-electron chi connectivity index (χ1n) is 11.1. The topological polar surface area (TPSA) is 69.6 Å². The Hall–Kier alpha value is -2.92. The molecule has 0 bridgehead atoms. The highest BCUT2D eigenvalue weighted by Crippen LogP contribution is 2.30. The number of aliphatic hydroxyl groups is 1. The molecule has 1 aliphatic heterocycles. The summed E-state index contributed by atoms with van der Waals surface area (Å²) < 4.78 is 0. The van der Waals surface area contributed by atoms with E-state index in [1.807, 2.05) is 59.5 Å². The Kier molecular flexibility index (Phi) is 6.52. The minimum atomic E-state index is -0.794. The molecule has 0 saturated carbocycles. The molecule has 0 fully saturated rings. The summed E-state index contributed by atoms with van der Waals surface area (Å²) in [6.07, 6.45) is 5.16. The molecule has 2 amide bonds. The van der Waals surface area contributed by atoms with Crippen LogP contribution < -0.4 is 5.32 Å². The largest absolute Gasteiger partial charge is 0.386 e. The van der Waals surface area contributed by atoms with Gasteiger partial charge in [-0.1, -0.05) is 66.7 Å². The van der Waals surface area contributed by atoms with E-state index in [9.17, 15) is 14.7 Å². The van der Waals surface area contributed by atoms with Gasteiger partial charge in [0.2, 0.25) is 11.8 Å². The first-order valence-corrected chi connectivity index (χ1v) is 11.1. The van der Waals surface area contributed by atoms with Crippen LogP contribution in [0.1, 0.15) is 42.6 Å². The normalized spacial score (nSPS) is 22.3. The number of benzene rings is 2. The number of hydrogen-bond donors (Lipinski definition) is 2. The molecule has 4 atom stereocenters. The van der Waals surface area contributed by atoms with E-state index in [-0.39, 0.29) is 17.7 Å². The van der Waals surface area contributed by atoms with E-state index in [4.69, 9.17) is 0 Å². The number of carbonyl (C=O) groups excluding carboxylic acids is 2. The van der Waals surface area contributed by atoms with Crippen molar-refractivity contribution in [3.05, 3.63) is 83.4 Å². The molecule has 31 heavy (non-hydrogen) atoms. The van der Waals surface area contributed by atoms with Crippen molar-refractivity contribution in [3.63, 3.8) is 0 Å². The number of nitrogens with zero attached hydrogens (tertiary/aromatic N) is 1. The molecule has 5 nitrogen and oxygen atoms in total. The predicted molar refractivity (Wildman–Crippen MR) is 120 cm³/mol. The van der Waals surface area contributed by atoms with Gasteiger partial charge in [-0.2, -0.15) is 0 Å². The molecular formula is C26H30N2O3. The van der Waals surface area contributed by atoms with Crippen LogP contribution in [0.15, 0.2) is 66.7 Å². The first-order chi connectivity index (χ1) is 15.0. The van der Waals surface area contributed by atoms with Crippen LogP contribution in [0.4, 0.5) is 0 Å². The molecule has 2 N–H and O–H groups in total. The number of allylic oxidation sites excluding steroid dienone is 2. The van der Waals surface area contributed by atoms with E-state index in [1.54, 1.807) is 6.92 Å². The standard InChI is InChI=1S/C26H30N2O3/c1-18(24(29)20-10-3-2-4-11-20)27-25(30)22-13-7-8-14-23(22)26(31)28-16-15-19-9-5-6-12-21(19)17-28/h2-12,18,22-24,29H,13-17H2,1H3,(H,27,30)/t18-,22?,23?,24-/m0/s1. The fourth-order valence-electron chi connectivity index (χ4n) is 4.64. The molecule has 5 heteroatoms. The smallest absolute Gasteiger partial charge is 0.227 e. The third kappa shape index (κ3) is 4.72. The Balaban J connectivity index is 1.43. The Bertz CT molecular complexity index is 956.